The second-order valence-electron chi connectivity index (χ2n) is 7.05. The number of rotatable bonds is 3. The van der Waals surface area contributed by atoms with Crippen molar-refractivity contribution in [3.63, 3.8) is 0 Å². The Hall–Kier alpha value is -2.37. The average molecular weight is 380 g/mol. The first-order valence-electron chi connectivity index (χ1n) is 9.34. The quantitative estimate of drug-likeness (QED) is 0.677. The van der Waals surface area contributed by atoms with E-state index in [4.69, 9.17) is 9.73 Å². The molecular weight excluding hydrogens is 354 g/mol. The van der Waals surface area contributed by atoms with Gasteiger partial charge in [0.25, 0.3) is 0 Å². The van der Waals surface area contributed by atoms with Gasteiger partial charge in [0.2, 0.25) is 4.80 Å². The molecule has 1 aliphatic heterocycles. The van der Waals surface area contributed by atoms with Gasteiger partial charge in [-0.25, -0.2) is 9.67 Å². The highest BCUT2D eigenvalue weighted by molar-refractivity contribution is 7.07. The molecule has 0 saturated carbocycles. The largest absolute Gasteiger partial charge is 0.378 e. The average Bonchev–Trinajstić information content (AvgIpc) is 3.09. The van der Waals surface area contributed by atoms with Crippen LogP contribution in [0.4, 0.5) is 5.69 Å². The fourth-order valence-corrected chi connectivity index (χ4v) is 4.28. The second-order valence-corrected chi connectivity index (χ2v) is 7.89. The maximum atomic E-state index is 5.57. The van der Waals surface area contributed by atoms with Crippen molar-refractivity contribution >= 4 is 17.0 Å². The molecule has 0 spiro atoms. The third-order valence-corrected chi connectivity index (χ3v) is 5.69. The van der Waals surface area contributed by atoms with Gasteiger partial charge in [-0.2, -0.15) is 0 Å². The van der Waals surface area contributed by atoms with Crippen LogP contribution in [0.3, 0.4) is 0 Å². The van der Waals surface area contributed by atoms with Crippen LogP contribution in [0.2, 0.25) is 0 Å². The Morgan fingerprint density at radius 1 is 0.926 bits per heavy atom. The Kier molecular flexibility index (Phi) is 5.14. The molecule has 1 fully saturated rings. The van der Waals surface area contributed by atoms with Crippen molar-refractivity contribution in [2.45, 2.75) is 20.8 Å². The molecule has 0 amide bonds. The molecular formula is C22H25N3OS. The number of ether oxygens (including phenoxy) is 1. The zero-order chi connectivity index (χ0) is 18.8. The van der Waals surface area contributed by atoms with E-state index in [2.05, 4.69) is 78.3 Å². The minimum Gasteiger partial charge on any atom is -0.378 e. The molecule has 0 aliphatic carbocycles. The van der Waals surface area contributed by atoms with Gasteiger partial charge in [-0.15, -0.1) is 11.3 Å². The summed E-state index contributed by atoms with van der Waals surface area (Å²) in [6.07, 6.45) is 0. The highest BCUT2D eigenvalue weighted by Gasteiger charge is 2.17. The maximum Gasteiger partial charge on any atom is 0.209 e. The van der Waals surface area contributed by atoms with Gasteiger partial charge in [0.1, 0.15) is 0 Å². The SMILES string of the molecule is Cc1ccc(-c2csc(=Nc3ccc(C)cc3C)n2N2CCOCC2)cc1. The standard InChI is InChI=1S/C22H25N3OS/c1-16-4-7-19(8-5-16)21-15-27-22(25(21)24-10-12-26-13-11-24)23-20-9-6-17(2)14-18(20)3/h4-9,14-15H,10-13H2,1-3H3. The van der Waals surface area contributed by atoms with Crippen molar-refractivity contribution in [2.75, 3.05) is 31.3 Å². The Labute approximate surface area is 164 Å². The third kappa shape index (κ3) is 3.84. The van der Waals surface area contributed by atoms with Gasteiger partial charge < -0.3 is 9.75 Å². The van der Waals surface area contributed by atoms with Crippen molar-refractivity contribution in [3.05, 3.63) is 69.3 Å². The van der Waals surface area contributed by atoms with E-state index >= 15 is 0 Å². The highest BCUT2D eigenvalue weighted by Crippen LogP contribution is 2.23. The molecule has 0 N–H and O–H groups in total. The lowest BCUT2D eigenvalue weighted by molar-refractivity contribution is 0.111. The number of aromatic nitrogens is 1. The monoisotopic (exact) mass is 379 g/mol. The van der Waals surface area contributed by atoms with E-state index in [0.29, 0.717) is 0 Å². The third-order valence-electron chi connectivity index (χ3n) is 4.87. The van der Waals surface area contributed by atoms with Crippen LogP contribution in [0.15, 0.2) is 52.8 Å². The summed E-state index contributed by atoms with van der Waals surface area (Å²) in [5.74, 6) is 0. The van der Waals surface area contributed by atoms with E-state index in [9.17, 15) is 0 Å². The van der Waals surface area contributed by atoms with Gasteiger partial charge in [-0.05, 0) is 32.4 Å². The molecule has 4 rings (SSSR count). The first-order chi connectivity index (χ1) is 13.1. The molecule has 0 atom stereocenters. The molecule has 2 heterocycles. The van der Waals surface area contributed by atoms with Gasteiger partial charge in [0, 0.05) is 10.9 Å². The fraction of sp³-hybridized carbons (Fsp3) is 0.318. The molecule has 2 aromatic carbocycles. The van der Waals surface area contributed by atoms with Gasteiger partial charge in [-0.3, -0.25) is 0 Å². The lowest BCUT2D eigenvalue weighted by Crippen LogP contribution is -2.48. The van der Waals surface area contributed by atoms with E-state index < -0.39 is 0 Å². The van der Waals surface area contributed by atoms with Gasteiger partial charge in [0.15, 0.2) is 0 Å². The van der Waals surface area contributed by atoms with Crippen LogP contribution >= 0.6 is 11.3 Å². The summed E-state index contributed by atoms with van der Waals surface area (Å²) in [4.78, 5) is 6.02. The van der Waals surface area contributed by atoms with E-state index in [1.54, 1.807) is 11.3 Å². The molecule has 4 nitrogen and oxygen atoms in total. The molecule has 1 saturated heterocycles. The minimum atomic E-state index is 0.749. The van der Waals surface area contributed by atoms with Crippen molar-refractivity contribution in [1.29, 1.82) is 0 Å². The van der Waals surface area contributed by atoms with Crippen LogP contribution in [-0.2, 0) is 4.74 Å². The Balaban J connectivity index is 1.86. The molecule has 1 aliphatic rings. The van der Waals surface area contributed by atoms with E-state index in [-0.39, 0.29) is 0 Å². The summed E-state index contributed by atoms with van der Waals surface area (Å²) in [6.45, 7) is 9.60. The van der Waals surface area contributed by atoms with Crippen molar-refractivity contribution in [3.8, 4) is 11.3 Å². The topological polar surface area (TPSA) is 29.8 Å². The normalized spacial score (nSPS) is 15.4. The van der Waals surface area contributed by atoms with Crippen LogP contribution in [0.5, 0.6) is 0 Å². The molecule has 0 bridgehead atoms. The number of hydrogen-bond acceptors (Lipinski definition) is 4. The zero-order valence-electron chi connectivity index (χ0n) is 16.1. The minimum absolute atomic E-state index is 0.749. The van der Waals surface area contributed by atoms with E-state index in [1.165, 1.54) is 27.9 Å². The smallest absolute Gasteiger partial charge is 0.209 e. The van der Waals surface area contributed by atoms with E-state index in [0.717, 1.165) is 36.8 Å². The number of thiazole rings is 1. The fourth-order valence-electron chi connectivity index (χ4n) is 3.36. The van der Waals surface area contributed by atoms with Crippen molar-refractivity contribution in [1.82, 2.24) is 4.68 Å². The summed E-state index contributed by atoms with van der Waals surface area (Å²) < 4.78 is 7.84. The molecule has 140 valence electrons. The Morgan fingerprint density at radius 2 is 1.63 bits per heavy atom. The summed E-state index contributed by atoms with van der Waals surface area (Å²) in [5, 5.41) is 4.56. The molecule has 0 unspecified atom stereocenters. The van der Waals surface area contributed by atoms with Crippen LogP contribution in [-0.4, -0.2) is 31.0 Å². The lowest BCUT2D eigenvalue weighted by atomic mass is 10.1. The zero-order valence-corrected chi connectivity index (χ0v) is 16.9. The Morgan fingerprint density at radius 3 is 2.33 bits per heavy atom. The summed E-state index contributed by atoms with van der Waals surface area (Å²) >= 11 is 1.69. The lowest BCUT2D eigenvalue weighted by Gasteiger charge is -2.31. The number of nitrogens with zero attached hydrogens (tertiary/aromatic N) is 3. The van der Waals surface area contributed by atoms with Crippen molar-refractivity contribution in [2.24, 2.45) is 4.99 Å². The molecule has 1 aromatic heterocycles. The highest BCUT2D eigenvalue weighted by atomic mass is 32.1. The predicted molar refractivity (Wildman–Crippen MR) is 112 cm³/mol. The second kappa shape index (κ2) is 7.71. The first kappa shape index (κ1) is 18.0. The molecule has 5 heteroatoms. The summed E-state index contributed by atoms with van der Waals surface area (Å²) in [6, 6.07) is 15.1. The van der Waals surface area contributed by atoms with Crippen LogP contribution in [0, 0.1) is 20.8 Å². The summed E-state index contributed by atoms with van der Waals surface area (Å²) in [7, 11) is 0. The molecule has 27 heavy (non-hydrogen) atoms. The van der Waals surface area contributed by atoms with Gasteiger partial charge in [0.05, 0.1) is 37.7 Å². The number of hydrogen-bond donors (Lipinski definition) is 0. The first-order valence-corrected chi connectivity index (χ1v) is 10.2. The Bertz CT molecular complexity index is 995. The number of morpholine rings is 1. The van der Waals surface area contributed by atoms with Gasteiger partial charge in [-0.1, -0.05) is 47.5 Å². The predicted octanol–water partition coefficient (Wildman–Crippen LogP) is 4.34. The number of aryl methyl sites for hydroxylation is 3. The number of benzene rings is 2. The molecule has 3 aromatic rings. The van der Waals surface area contributed by atoms with Crippen molar-refractivity contribution < 1.29 is 4.74 Å². The molecule has 0 radical (unpaired) electrons. The maximum absolute atomic E-state index is 5.57. The van der Waals surface area contributed by atoms with E-state index in [1.807, 2.05) is 0 Å². The summed E-state index contributed by atoms with van der Waals surface area (Å²) in [5.41, 5.74) is 7.16. The van der Waals surface area contributed by atoms with Crippen LogP contribution in [0.1, 0.15) is 16.7 Å². The van der Waals surface area contributed by atoms with Gasteiger partial charge >= 0.3 is 0 Å². The van der Waals surface area contributed by atoms with Crippen LogP contribution in [0.25, 0.3) is 11.3 Å². The van der Waals surface area contributed by atoms with Crippen LogP contribution < -0.4 is 9.81 Å².